The second-order valence-electron chi connectivity index (χ2n) is 8.39. The number of aromatic nitrogens is 3. The average molecular weight is 476 g/mol. The zero-order valence-corrected chi connectivity index (χ0v) is 19.9. The number of nitrogens with zero attached hydrogens (tertiary/aromatic N) is 4. The maximum atomic E-state index is 12.7. The van der Waals surface area contributed by atoms with E-state index in [1.807, 2.05) is 79.7 Å². The van der Waals surface area contributed by atoms with Crippen molar-refractivity contribution in [2.24, 2.45) is 0 Å². The largest absolute Gasteiger partial charge is 0.378 e. The molecule has 3 heterocycles. The van der Waals surface area contributed by atoms with Gasteiger partial charge in [-0.1, -0.05) is 18.2 Å². The Bertz CT molecular complexity index is 1480. The van der Waals surface area contributed by atoms with E-state index in [0.717, 1.165) is 39.3 Å². The van der Waals surface area contributed by atoms with Crippen molar-refractivity contribution < 1.29 is 4.79 Å². The third-order valence-electron chi connectivity index (χ3n) is 5.58. The van der Waals surface area contributed by atoms with Crippen LogP contribution in [0.5, 0.6) is 0 Å². The Balaban J connectivity index is 1.25. The fourth-order valence-electron chi connectivity index (χ4n) is 3.69. The normalized spacial score (nSPS) is 10.6. The van der Waals surface area contributed by atoms with Crippen molar-refractivity contribution in [3.8, 4) is 0 Å². The molecule has 0 aliphatic heterocycles. The molecule has 0 saturated heterocycles. The smallest absolute Gasteiger partial charge is 0.275 e. The van der Waals surface area contributed by atoms with E-state index in [2.05, 4.69) is 37.0 Å². The Kier molecular flexibility index (Phi) is 6.40. The van der Waals surface area contributed by atoms with E-state index in [1.54, 1.807) is 30.7 Å². The summed E-state index contributed by atoms with van der Waals surface area (Å²) < 4.78 is 0. The van der Waals surface area contributed by atoms with Gasteiger partial charge in [-0.05, 0) is 60.7 Å². The Morgan fingerprint density at radius 3 is 2.25 bits per heavy atom. The SMILES string of the molecule is CN(C)c1ccc2nccc(Nc3ccc(C(=O)Nc4ccc(Nc5ccccc5)cn4)nc3)c2c1. The van der Waals surface area contributed by atoms with E-state index in [9.17, 15) is 4.79 Å². The maximum Gasteiger partial charge on any atom is 0.275 e. The number of nitrogens with one attached hydrogen (secondary N) is 3. The van der Waals surface area contributed by atoms with Crippen molar-refractivity contribution in [1.29, 1.82) is 0 Å². The van der Waals surface area contributed by atoms with Gasteiger partial charge in [0.1, 0.15) is 11.5 Å². The Labute approximate surface area is 209 Å². The number of hydrogen-bond acceptors (Lipinski definition) is 7. The molecule has 8 heteroatoms. The van der Waals surface area contributed by atoms with Crippen molar-refractivity contribution >= 4 is 51.1 Å². The molecule has 0 unspecified atom stereocenters. The molecule has 0 bridgehead atoms. The van der Waals surface area contributed by atoms with Gasteiger partial charge in [-0.15, -0.1) is 0 Å². The van der Waals surface area contributed by atoms with Crippen LogP contribution in [0.1, 0.15) is 10.5 Å². The lowest BCUT2D eigenvalue weighted by molar-refractivity contribution is 0.102. The Hall–Kier alpha value is -4.98. The molecule has 5 rings (SSSR count). The number of carbonyl (C=O) groups is 1. The number of hydrogen-bond donors (Lipinski definition) is 3. The van der Waals surface area contributed by atoms with Gasteiger partial charge in [0.05, 0.1) is 29.3 Å². The van der Waals surface area contributed by atoms with Crippen LogP contribution < -0.4 is 20.9 Å². The molecule has 3 aromatic heterocycles. The highest BCUT2D eigenvalue weighted by Gasteiger charge is 2.10. The van der Waals surface area contributed by atoms with Crippen molar-refractivity contribution in [1.82, 2.24) is 15.0 Å². The molecule has 0 saturated carbocycles. The first-order valence-electron chi connectivity index (χ1n) is 11.4. The van der Waals surface area contributed by atoms with Crippen LogP contribution in [-0.2, 0) is 0 Å². The zero-order valence-electron chi connectivity index (χ0n) is 19.9. The molecule has 0 fully saturated rings. The Morgan fingerprint density at radius 2 is 1.53 bits per heavy atom. The van der Waals surface area contributed by atoms with Crippen LogP contribution in [-0.4, -0.2) is 35.0 Å². The number of para-hydroxylation sites is 1. The number of anilines is 6. The van der Waals surface area contributed by atoms with E-state index in [1.165, 1.54) is 0 Å². The second kappa shape index (κ2) is 10.1. The van der Waals surface area contributed by atoms with Crippen LogP contribution >= 0.6 is 0 Å². The lowest BCUT2D eigenvalue weighted by Gasteiger charge is -2.15. The summed E-state index contributed by atoms with van der Waals surface area (Å²) in [5, 5.41) is 10.4. The van der Waals surface area contributed by atoms with Gasteiger partial charge in [0.25, 0.3) is 5.91 Å². The minimum Gasteiger partial charge on any atom is -0.378 e. The molecule has 2 aromatic carbocycles. The van der Waals surface area contributed by atoms with E-state index in [-0.39, 0.29) is 5.91 Å². The van der Waals surface area contributed by atoms with Crippen molar-refractivity contribution in [3.63, 3.8) is 0 Å². The minimum absolute atomic E-state index is 0.295. The minimum atomic E-state index is -0.331. The van der Waals surface area contributed by atoms with Crippen molar-refractivity contribution in [2.45, 2.75) is 0 Å². The molecule has 0 radical (unpaired) electrons. The third kappa shape index (κ3) is 5.23. The summed E-state index contributed by atoms with van der Waals surface area (Å²) in [5.41, 5.74) is 5.75. The predicted molar refractivity (Wildman–Crippen MR) is 146 cm³/mol. The van der Waals surface area contributed by atoms with Crippen LogP contribution in [0.3, 0.4) is 0 Å². The number of amides is 1. The zero-order chi connectivity index (χ0) is 24.9. The Morgan fingerprint density at radius 1 is 0.750 bits per heavy atom. The first kappa shape index (κ1) is 22.8. The molecule has 0 spiro atoms. The highest BCUT2D eigenvalue weighted by atomic mass is 16.1. The van der Waals surface area contributed by atoms with Gasteiger partial charge < -0.3 is 20.9 Å². The number of rotatable bonds is 7. The number of benzene rings is 2. The van der Waals surface area contributed by atoms with E-state index in [4.69, 9.17) is 0 Å². The van der Waals surface area contributed by atoms with Gasteiger partial charge in [-0.2, -0.15) is 0 Å². The topological polar surface area (TPSA) is 95.1 Å². The van der Waals surface area contributed by atoms with E-state index < -0.39 is 0 Å². The van der Waals surface area contributed by atoms with Crippen molar-refractivity contribution in [3.05, 3.63) is 103 Å². The van der Waals surface area contributed by atoms with Gasteiger partial charge in [0, 0.05) is 42.7 Å². The lowest BCUT2D eigenvalue weighted by Crippen LogP contribution is -2.14. The van der Waals surface area contributed by atoms with Gasteiger partial charge in [-0.3, -0.25) is 9.78 Å². The molecular formula is C28H25N7O. The summed E-state index contributed by atoms with van der Waals surface area (Å²) in [7, 11) is 4.01. The molecule has 8 nitrogen and oxygen atoms in total. The molecule has 5 aromatic rings. The summed E-state index contributed by atoms with van der Waals surface area (Å²) in [6.45, 7) is 0. The lowest BCUT2D eigenvalue weighted by atomic mass is 10.1. The molecule has 1 amide bonds. The van der Waals surface area contributed by atoms with E-state index >= 15 is 0 Å². The van der Waals surface area contributed by atoms with Gasteiger partial charge in [-0.25, -0.2) is 9.97 Å². The van der Waals surface area contributed by atoms with Gasteiger partial charge in [0.15, 0.2) is 0 Å². The summed E-state index contributed by atoms with van der Waals surface area (Å²) >= 11 is 0. The van der Waals surface area contributed by atoms with Crippen LogP contribution in [0.2, 0.25) is 0 Å². The summed E-state index contributed by atoms with van der Waals surface area (Å²) in [4.78, 5) is 27.8. The number of carbonyl (C=O) groups excluding carboxylic acids is 1. The second-order valence-corrected chi connectivity index (χ2v) is 8.39. The van der Waals surface area contributed by atoms with Crippen LogP contribution in [0.4, 0.5) is 34.3 Å². The molecule has 178 valence electrons. The summed E-state index contributed by atoms with van der Waals surface area (Å²) in [5.74, 6) is 0.116. The highest BCUT2D eigenvalue weighted by Crippen LogP contribution is 2.28. The molecular weight excluding hydrogens is 450 g/mol. The third-order valence-corrected chi connectivity index (χ3v) is 5.58. The molecule has 0 aliphatic rings. The van der Waals surface area contributed by atoms with Crippen molar-refractivity contribution in [2.75, 3.05) is 34.9 Å². The first-order valence-corrected chi connectivity index (χ1v) is 11.4. The first-order chi connectivity index (χ1) is 17.5. The number of fused-ring (bicyclic) bond motifs is 1. The fourth-order valence-corrected chi connectivity index (χ4v) is 3.69. The predicted octanol–water partition coefficient (Wildman–Crippen LogP) is 5.83. The monoisotopic (exact) mass is 475 g/mol. The van der Waals surface area contributed by atoms with E-state index in [0.29, 0.717) is 11.5 Å². The quantitative estimate of drug-likeness (QED) is 0.273. The van der Waals surface area contributed by atoms with Gasteiger partial charge >= 0.3 is 0 Å². The van der Waals surface area contributed by atoms with Crippen LogP contribution in [0, 0.1) is 0 Å². The summed E-state index contributed by atoms with van der Waals surface area (Å²) in [6.07, 6.45) is 5.07. The molecule has 0 aliphatic carbocycles. The average Bonchev–Trinajstić information content (AvgIpc) is 2.91. The van der Waals surface area contributed by atoms with Crippen LogP contribution in [0.25, 0.3) is 10.9 Å². The standard InChI is InChI=1S/C28H25N7O/c1-35(2)22-10-12-24-23(16-22)25(14-15-29-24)33-21-8-11-26(30-17-21)28(36)34-27-13-9-20(18-31-27)32-19-6-4-3-5-7-19/h3-18,32H,1-2H3,(H,29,33)(H,31,34,36). The molecule has 3 N–H and O–H groups in total. The highest BCUT2D eigenvalue weighted by molar-refractivity contribution is 6.02. The summed E-state index contributed by atoms with van der Waals surface area (Å²) in [6, 6.07) is 25.0. The molecule has 36 heavy (non-hydrogen) atoms. The maximum absolute atomic E-state index is 12.7. The molecule has 0 atom stereocenters. The van der Waals surface area contributed by atoms with Crippen LogP contribution in [0.15, 0.2) is 97.5 Å². The fraction of sp³-hybridized carbons (Fsp3) is 0.0714. The number of pyridine rings is 3. The van der Waals surface area contributed by atoms with Gasteiger partial charge in [0.2, 0.25) is 0 Å².